The molecule has 1 aromatic rings. The van der Waals surface area contributed by atoms with Gasteiger partial charge in [-0.1, -0.05) is 0 Å². The molecule has 7 heteroatoms. The maximum atomic E-state index is 12.6. The van der Waals surface area contributed by atoms with Crippen LogP contribution in [0.1, 0.15) is 17.5 Å². The molecule has 1 fully saturated rings. The summed E-state index contributed by atoms with van der Waals surface area (Å²) in [6.07, 6.45) is -7.12. The van der Waals surface area contributed by atoms with Gasteiger partial charge in [-0.3, -0.25) is 0 Å². The predicted octanol–water partition coefficient (Wildman–Crippen LogP) is 4.14. The average Bonchev–Trinajstić information content (AvgIpc) is 2.79. The summed E-state index contributed by atoms with van der Waals surface area (Å²) in [6, 6.07) is 1.66. The lowest BCUT2D eigenvalue weighted by atomic mass is 10.1. The molecule has 1 saturated heterocycles. The van der Waals surface area contributed by atoms with E-state index in [2.05, 4.69) is 0 Å². The van der Waals surface area contributed by atoms with Crippen molar-refractivity contribution < 1.29 is 26.3 Å². The Bertz CT molecular complexity index is 424. The van der Waals surface area contributed by atoms with Crippen LogP contribution in [0.15, 0.2) is 18.2 Å². The van der Waals surface area contributed by atoms with Crippen molar-refractivity contribution in [3.05, 3.63) is 35.7 Å². The van der Waals surface area contributed by atoms with Crippen molar-refractivity contribution in [3.63, 3.8) is 0 Å². The zero-order chi connectivity index (χ0) is 14.3. The van der Waals surface area contributed by atoms with E-state index in [1.807, 2.05) is 6.42 Å². The van der Waals surface area contributed by atoms with Gasteiger partial charge in [0.25, 0.3) is 0 Å². The molecule has 1 nitrogen and oxygen atoms in total. The second-order valence-corrected chi connectivity index (χ2v) is 4.29. The summed E-state index contributed by atoms with van der Waals surface area (Å²) in [5.74, 6) is 0. The molecule has 0 unspecified atom stereocenters. The molecule has 0 atom stereocenters. The number of halogens is 6. The van der Waals surface area contributed by atoms with Gasteiger partial charge < -0.3 is 4.90 Å². The Morgan fingerprint density at radius 2 is 1.37 bits per heavy atom. The Morgan fingerprint density at radius 3 is 1.74 bits per heavy atom. The minimum atomic E-state index is -4.79. The summed E-state index contributed by atoms with van der Waals surface area (Å²) in [5, 5.41) is 0. The van der Waals surface area contributed by atoms with E-state index >= 15 is 0 Å². The van der Waals surface area contributed by atoms with Crippen LogP contribution in [-0.2, 0) is 12.4 Å². The SMILES string of the molecule is FC(F)(F)c1cc(N2C[CH]CC2)cc(C(F)(F)F)c1. The summed E-state index contributed by atoms with van der Waals surface area (Å²) in [5.41, 5.74) is -2.59. The zero-order valence-electron chi connectivity index (χ0n) is 9.65. The first-order chi connectivity index (χ1) is 8.68. The van der Waals surface area contributed by atoms with E-state index in [0.29, 0.717) is 19.5 Å². The van der Waals surface area contributed by atoms with Gasteiger partial charge in [-0.2, -0.15) is 26.3 Å². The van der Waals surface area contributed by atoms with Crippen molar-refractivity contribution in [2.45, 2.75) is 18.8 Å². The third-order valence-corrected chi connectivity index (χ3v) is 2.89. The highest BCUT2D eigenvalue weighted by atomic mass is 19.4. The first-order valence-electron chi connectivity index (χ1n) is 5.54. The van der Waals surface area contributed by atoms with Crippen LogP contribution in [0.4, 0.5) is 32.0 Å². The van der Waals surface area contributed by atoms with Crippen LogP contribution in [0.3, 0.4) is 0 Å². The van der Waals surface area contributed by atoms with E-state index in [1.54, 1.807) is 0 Å². The molecule has 2 rings (SSSR count). The summed E-state index contributed by atoms with van der Waals surface area (Å²) < 4.78 is 75.8. The molecule has 0 N–H and O–H groups in total. The molecule has 19 heavy (non-hydrogen) atoms. The number of alkyl halides is 6. The second-order valence-electron chi connectivity index (χ2n) is 4.29. The molecule has 0 amide bonds. The smallest absolute Gasteiger partial charge is 0.371 e. The maximum absolute atomic E-state index is 12.6. The van der Waals surface area contributed by atoms with E-state index in [9.17, 15) is 26.3 Å². The standard InChI is InChI=1S/C12H10F6N/c13-11(14,15)8-5-9(12(16,17)18)7-10(6-8)19-3-1-2-4-19/h1,5-7H,2-4H2. The molecule has 105 valence electrons. The van der Waals surface area contributed by atoms with Crippen LogP contribution >= 0.6 is 0 Å². The van der Waals surface area contributed by atoms with Gasteiger partial charge in [-0.25, -0.2) is 0 Å². The highest BCUT2D eigenvalue weighted by Crippen LogP contribution is 2.38. The fraction of sp³-hybridized carbons (Fsp3) is 0.417. The topological polar surface area (TPSA) is 3.24 Å². The highest BCUT2D eigenvalue weighted by molar-refractivity contribution is 5.53. The fourth-order valence-corrected chi connectivity index (χ4v) is 1.94. The van der Waals surface area contributed by atoms with Gasteiger partial charge in [0.2, 0.25) is 0 Å². The van der Waals surface area contributed by atoms with Crippen molar-refractivity contribution in [1.29, 1.82) is 0 Å². The molecule has 0 bridgehead atoms. The number of benzene rings is 1. The van der Waals surface area contributed by atoms with E-state index in [0.717, 1.165) is 12.1 Å². The van der Waals surface area contributed by atoms with Crippen LogP contribution < -0.4 is 4.90 Å². The van der Waals surface area contributed by atoms with E-state index < -0.39 is 23.5 Å². The van der Waals surface area contributed by atoms with Crippen molar-refractivity contribution in [2.75, 3.05) is 18.0 Å². The van der Waals surface area contributed by atoms with Crippen LogP contribution in [-0.4, -0.2) is 13.1 Å². The lowest BCUT2D eigenvalue weighted by molar-refractivity contribution is -0.143. The van der Waals surface area contributed by atoms with Gasteiger partial charge in [0.15, 0.2) is 0 Å². The van der Waals surface area contributed by atoms with Gasteiger partial charge in [0.1, 0.15) is 0 Å². The number of anilines is 1. The number of hydrogen-bond acceptors (Lipinski definition) is 1. The molecule has 0 aliphatic carbocycles. The van der Waals surface area contributed by atoms with E-state index in [1.165, 1.54) is 4.90 Å². The summed E-state index contributed by atoms with van der Waals surface area (Å²) >= 11 is 0. The Morgan fingerprint density at radius 1 is 0.842 bits per heavy atom. The monoisotopic (exact) mass is 282 g/mol. The van der Waals surface area contributed by atoms with Crippen LogP contribution in [0.5, 0.6) is 0 Å². The van der Waals surface area contributed by atoms with Gasteiger partial charge in [-0.15, -0.1) is 0 Å². The first-order valence-corrected chi connectivity index (χ1v) is 5.54. The van der Waals surface area contributed by atoms with Gasteiger partial charge >= 0.3 is 12.4 Å². The van der Waals surface area contributed by atoms with Crippen LogP contribution in [0, 0.1) is 6.42 Å². The van der Waals surface area contributed by atoms with Gasteiger partial charge in [-0.05, 0) is 31.0 Å². The third-order valence-electron chi connectivity index (χ3n) is 2.89. The van der Waals surface area contributed by atoms with E-state index in [4.69, 9.17) is 0 Å². The number of rotatable bonds is 1. The van der Waals surface area contributed by atoms with Crippen molar-refractivity contribution in [1.82, 2.24) is 0 Å². The molecule has 0 aromatic heterocycles. The molecule has 1 aliphatic heterocycles. The third kappa shape index (κ3) is 3.13. The van der Waals surface area contributed by atoms with E-state index in [-0.39, 0.29) is 11.8 Å². The predicted molar refractivity (Wildman–Crippen MR) is 57.6 cm³/mol. The molecular formula is C12H10F6N. The number of hydrogen-bond donors (Lipinski definition) is 0. The molecule has 0 saturated carbocycles. The molecule has 1 heterocycles. The van der Waals surface area contributed by atoms with Crippen molar-refractivity contribution in [3.8, 4) is 0 Å². The molecule has 1 radical (unpaired) electrons. The largest absolute Gasteiger partial charge is 0.416 e. The molecule has 0 spiro atoms. The first kappa shape index (κ1) is 14.0. The lowest BCUT2D eigenvalue weighted by Crippen LogP contribution is -2.20. The minimum Gasteiger partial charge on any atom is -0.371 e. The Balaban J connectivity index is 2.48. The normalized spacial score (nSPS) is 17.1. The summed E-state index contributed by atoms with van der Waals surface area (Å²) in [4.78, 5) is 1.49. The Kier molecular flexibility index (Phi) is 3.40. The molecule has 1 aliphatic rings. The molecule has 1 aromatic carbocycles. The quantitative estimate of drug-likeness (QED) is 0.700. The van der Waals surface area contributed by atoms with Crippen LogP contribution in [0.2, 0.25) is 0 Å². The highest BCUT2D eigenvalue weighted by Gasteiger charge is 2.37. The minimum absolute atomic E-state index is 0.0455. The molecular weight excluding hydrogens is 272 g/mol. The Labute approximate surface area is 105 Å². The lowest BCUT2D eigenvalue weighted by Gasteiger charge is -2.21. The van der Waals surface area contributed by atoms with Gasteiger partial charge in [0.05, 0.1) is 11.1 Å². The van der Waals surface area contributed by atoms with Crippen molar-refractivity contribution in [2.24, 2.45) is 0 Å². The van der Waals surface area contributed by atoms with Gasteiger partial charge in [0, 0.05) is 18.8 Å². The zero-order valence-corrected chi connectivity index (χ0v) is 9.65. The second kappa shape index (κ2) is 4.61. The maximum Gasteiger partial charge on any atom is 0.416 e. The average molecular weight is 282 g/mol. The Hall–Kier alpha value is -1.40. The van der Waals surface area contributed by atoms with Crippen molar-refractivity contribution >= 4 is 5.69 Å². The fourth-order valence-electron chi connectivity index (χ4n) is 1.94. The summed E-state index contributed by atoms with van der Waals surface area (Å²) in [6.45, 7) is 0.789. The number of nitrogens with zero attached hydrogens (tertiary/aromatic N) is 1. The van der Waals surface area contributed by atoms with Crippen LogP contribution in [0.25, 0.3) is 0 Å². The summed E-state index contributed by atoms with van der Waals surface area (Å²) in [7, 11) is 0.